The van der Waals surface area contributed by atoms with Crippen molar-refractivity contribution >= 4 is 5.91 Å². The molecule has 1 saturated heterocycles. The SMILES string of the molecule is Cc1cc(C(=O)N2CCOC(c3nnc(C(C)C)o3)C2)ccc1-n1cccn1. The van der Waals surface area contributed by atoms with Gasteiger partial charge in [0.05, 0.1) is 18.8 Å². The molecule has 0 saturated carbocycles. The van der Waals surface area contributed by atoms with Gasteiger partial charge in [0.1, 0.15) is 0 Å². The highest BCUT2D eigenvalue weighted by Crippen LogP contribution is 2.25. The fourth-order valence-corrected chi connectivity index (χ4v) is 3.23. The smallest absolute Gasteiger partial charge is 0.254 e. The third-order valence-electron chi connectivity index (χ3n) is 4.77. The number of carbonyl (C=O) groups is 1. The van der Waals surface area contributed by atoms with Crippen molar-refractivity contribution in [1.82, 2.24) is 24.9 Å². The number of rotatable bonds is 4. The molecule has 4 rings (SSSR count). The minimum Gasteiger partial charge on any atom is -0.422 e. The van der Waals surface area contributed by atoms with Gasteiger partial charge in [0, 0.05) is 30.4 Å². The lowest BCUT2D eigenvalue weighted by Crippen LogP contribution is -2.42. The second-order valence-electron chi connectivity index (χ2n) is 7.20. The molecule has 0 N–H and O–H groups in total. The van der Waals surface area contributed by atoms with Crippen molar-refractivity contribution in [3.05, 3.63) is 59.6 Å². The van der Waals surface area contributed by atoms with E-state index in [0.29, 0.717) is 37.0 Å². The molecule has 1 unspecified atom stereocenters. The molecule has 1 aliphatic heterocycles. The van der Waals surface area contributed by atoms with Gasteiger partial charge in [-0.2, -0.15) is 5.10 Å². The maximum absolute atomic E-state index is 13.0. The largest absolute Gasteiger partial charge is 0.422 e. The first-order valence-electron chi connectivity index (χ1n) is 9.38. The van der Waals surface area contributed by atoms with Crippen molar-refractivity contribution in [3.8, 4) is 5.69 Å². The predicted octanol–water partition coefficient (Wildman–Crippen LogP) is 2.90. The van der Waals surface area contributed by atoms with Gasteiger partial charge in [-0.25, -0.2) is 4.68 Å². The number of nitrogens with zero attached hydrogens (tertiary/aromatic N) is 5. The number of aryl methyl sites for hydroxylation is 1. The second-order valence-corrected chi connectivity index (χ2v) is 7.20. The lowest BCUT2D eigenvalue weighted by molar-refractivity contribution is -0.0351. The van der Waals surface area contributed by atoms with Crippen LogP contribution in [0.4, 0.5) is 0 Å². The molecule has 1 aliphatic rings. The normalized spacial score (nSPS) is 17.3. The van der Waals surface area contributed by atoms with Crippen molar-refractivity contribution in [1.29, 1.82) is 0 Å². The van der Waals surface area contributed by atoms with Crippen LogP contribution in [0.15, 0.2) is 41.1 Å². The van der Waals surface area contributed by atoms with Crippen LogP contribution in [0.3, 0.4) is 0 Å². The Balaban J connectivity index is 1.50. The van der Waals surface area contributed by atoms with Crippen molar-refractivity contribution in [3.63, 3.8) is 0 Å². The van der Waals surface area contributed by atoms with Crippen LogP contribution in [0.25, 0.3) is 5.69 Å². The monoisotopic (exact) mass is 381 g/mol. The zero-order valence-electron chi connectivity index (χ0n) is 16.2. The molecule has 2 aromatic heterocycles. The van der Waals surface area contributed by atoms with Crippen molar-refractivity contribution in [2.75, 3.05) is 19.7 Å². The Morgan fingerprint density at radius 2 is 2.14 bits per heavy atom. The van der Waals surface area contributed by atoms with Crippen LogP contribution >= 0.6 is 0 Å². The molecule has 1 fully saturated rings. The minimum atomic E-state index is -0.401. The number of hydrogen-bond acceptors (Lipinski definition) is 6. The van der Waals surface area contributed by atoms with Gasteiger partial charge in [-0.15, -0.1) is 10.2 Å². The third kappa shape index (κ3) is 3.55. The number of aromatic nitrogens is 4. The summed E-state index contributed by atoms with van der Waals surface area (Å²) in [5, 5.41) is 12.4. The minimum absolute atomic E-state index is 0.0352. The Morgan fingerprint density at radius 3 is 2.82 bits per heavy atom. The van der Waals surface area contributed by atoms with Gasteiger partial charge in [-0.3, -0.25) is 4.79 Å². The van der Waals surface area contributed by atoms with Gasteiger partial charge in [0.25, 0.3) is 5.91 Å². The molecule has 3 heterocycles. The first kappa shape index (κ1) is 18.4. The fraction of sp³-hybridized carbons (Fsp3) is 0.400. The number of ether oxygens (including phenoxy) is 1. The molecule has 8 nitrogen and oxygen atoms in total. The highest BCUT2D eigenvalue weighted by atomic mass is 16.5. The Bertz CT molecular complexity index is 964. The molecule has 3 aromatic rings. The van der Waals surface area contributed by atoms with Gasteiger partial charge in [-0.1, -0.05) is 13.8 Å². The Kier molecular flexibility index (Phi) is 4.95. The lowest BCUT2D eigenvalue weighted by Gasteiger charge is -2.31. The van der Waals surface area contributed by atoms with E-state index >= 15 is 0 Å². The zero-order chi connectivity index (χ0) is 19.7. The van der Waals surface area contributed by atoms with Crippen LogP contribution in [-0.2, 0) is 4.74 Å². The topological polar surface area (TPSA) is 86.3 Å². The van der Waals surface area contributed by atoms with Crippen LogP contribution < -0.4 is 0 Å². The van der Waals surface area contributed by atoms with Crippen LogP contribution in [0, 0.1) is 6.92 Å². The summed E-state index contributed by atoms with van der Waals surface area (Å²) in [6, 6.07) is 7.52. The molecule has 146 valence electrons. The Hall–Kier alpha value is -3.00. The van der Waals surface area contributed by atoms with Crippen molar-refractivity contribution in [2.24, 2.45) is 0 Å². The highest BCUT2D eigenvalue weighted by Gasteiger charge is 2.30. The Labute approximate surface area is 163 Å². The summed E-state index contributed by atoms with van der Waals surface area (Å²) in [5.41, 5.74) is 2.58. The van der Waals surface area contributed by atoms with E-state index in [9.17, 15) is 4.79 Å². The van der Waals surface area contributed by atoms with E-state index in [1.807, 2.05) is 51.2 Å². The molecule has 1 atom stereocenters. The highest BCUT2D eigenvalue weighted by molar-refractivity contribution is 5.94. The average molecular weight is 381 g/mol. The lowest BCUT2D eigenvalue weighted by atomic mass is 10.1. The quantitative estimate of drug-likeness (QED) is 0.691. The van der Waals surface area contributed by atoms with E-state index in [2.05, 4.69) is 15.3 Å². The molecule has 0 spiro atoms. The van der Waals surface area contributed by atoms with E-state index in [-0.39, 0.29) is 11.8 Å². The summed E-state index contributed by atoms with van der Waals surface area (Å²) >= 11 is 0. The maximum atomic E-state index is 13.0. The number of morpholine rings is 1. The molecule has 1 amide bonds. The fourth-order valence-electron chi connectivity index (χ4n) is 3.23. The molecular formula is C20H23N5O3. The molecule has 0 bridgehead atoms. The van der Waals surface area contributed by atoms with Gasteiger partial charge in [-0.05, 0) is 36.8 Å². The summed E-state index contributed by atoms with van der Waals surface area (Å²) in [7, 11) is 0. The van der Waals surface area contributed by atoms with Gasteiger partial charge < -0.3 is 14.1 Å². The van der Waals surface area contributed by atoms with Crippen LogP contribution in [-0.4, -0.2) is 50.5 Å². The molecule has 1 aromatic carbocycles. The molecule has 0 aliphatic carbocycles. The number of carbonyl (C=O) groups excluding carboxylic acids is 1. The van der Waals surface area contributed by atoms with E-state index in [1.54, 1.807) is 15.8 Å². The zero-order valence-corrected chi connectivity index (χ0v) is 16.2. The predicted molar refractivity (Wildman–Crippen MR) is 101 cm³/mol. The number of benzene rings is 1. The van der Waals surface area contributed by atoms with E-state index < -0.39 is 6.10 Å². The summed E-state index contributed by atoms with van der Waals surface area (Å²) < 4.78 is 13.3. The van der Waals surface area contributed by atoms with Gasteiger partial charge >= 0.3 is 0 Å². The van der Waals surface area contributed by atoms with Crippen LogP contribution in [0.2, 0.25) is 0 Å². The molecule has 8 heteroatoms. The van der Waals surface area contributed by atoms with Crippen molar-refractivity contribution in [2.45, 2.75) is 32.8 Å². The van der Waals surface area contributed by atoms with E-state index in [4.69, 9.17) is 9.15 Å². The van der Waals surface area contributed by atoms with Crippen LogP contribution in [0.1, 0.15) is 53.6 Å². The summed E-state index contributed by atoms with van der Waals surface area (Å²) in [6.45, 7) is 7.30. The average Bonchev–Trinajstić information content (AvgIpc) is 3.39. The van der Waals surface area contributed by atoms with Crippen molar-refractivity contribution < 1.29 is 13.9 Å². The summed E-state index contributed by atoms with van der Waals surface area (Å²) in [4.78, 5) is 14.8. The van der Waals surface area contributed by atoms with E-state index in [0.717, 1.165) is 11.3 Å². The molecule has 0 radical (unpaired) electrons. The molecule has 28 heavy (non-hydrogen) atoms. The third-order valence-corrected chi connectivity index (χ3v) is 4.77. The first-order chi connectivity index (χ1) is 13.5. The number of amides is 1. The standard InChI is InChI=1S/C20H23N5O3/c1-13(2)18-22-23-19(28-18)17-12-24(9-10-27-17)20(26)15-5-6-16(14(3)11-15)25-8-4-7-21-25/h4-8,11,13,17H,9-10,12H2,1-3H3. The summed E-state index contributed by atoms with van der Waals surface area (Å²) in [6.07, 6.45) is 3.21. The summed E-state index contributed by atoms with van der Waals surface area (Å²) in [5.74, 6) is 1.11. The number of hydrogen-bond donors (Lipinski definition) is 0. The molecular weight excluding hydrogens is 358 g/mol. The Morgan fingerprint density at radius 1 is 1.29 bits per heavy atom. The maximum Gasteiger partial charge on any atom is 0.254 e. The van der Waals surface area contributed by atoms with Gasteiger partial charge in [0.2, 0.25) is 11.8 Å². The van der Waals surface area contributed by atoms with Gasteiger partial charge in [0.15, 0.2) is 6.10 Å². The second kappa shape index (κ2) is 7.55. The first-order valence-corrected chi connectivity index (χ1v) is 9.38. The van der Waals surface area contributed by atoms with E-state index in [1.165, 1.54) is 0 Å². The van der Waals surface area contributed by atoms with Crippen LogP contribution in [0.5, 0.6) is 0 Å².